The lowest BCUT2D eigenvalue weighted by Gasteiger charge is -2.18. The van der Waals surface area contributed by atoms with Crippen LogP contribution >= 0.6 is 0 Å². The molecule has 1 amide bonds. The minimum atomic E-state index is 0.0997. The number of carbonyl (C=O) groups is 1. The van der Waals surface area contributed by atoms with Crippen molar-refractivity contribution in [3.63, 3.8) is 0 Å². The molecule has 3 heteroatoms. The summed E-state index contributed by atoms with van der Waals surface area (Å²) in [6.07, 6.45) is 0. The largest absolute Gasteiger partial charge is 0.388 e. The van der Waals surface area contributed by atoms with E-state index in [1.807, 2.05) is 50.1 Å². The highest BCUT2D eigenvalue weighted by Crippen LogP contribution is 2.10. The highest BCUT2D eigenvalue weighted by molar-refractivity contribution is 5.94. The fraction of sp³-hybridized carbons (Fsp3) is 0.417. The lowest BCUT2D eigenvalue weighted by Crippen LogP contribution is -2.30. The summed E-state index contributed by atoms with van der Waals surface area (Å²) in [6, 6.07) is 7.53. The average Bonchev–Trinajstić information content (AvgIpc) is 2.30. The molecule has 15 heavy (non-hydrogen) atoms. The van der Waals surface area contributed by atoms with Gasteiger partial charge < -0.3 is 10.2 Å². The van der Waals surface area contributed by atoms with Gasteiger partial charge in [0, 0.05) is 31.4 Å². The lowest BCUT2D eigenvalue weighted by molar-refractivity contribution is 0.0773. The zero-order chi connectivity index (χ0) is 11.3. The molecule has 1 rings (SSSR count). The molecule has 3 nitrogen and oxygen atoms in total. The van der Waals surface area contributed by atoms with Crippen molar-refractivity contribution in [1.82, 2.24) is 4.90 Å². The molecule has 0 aliphatic rings. The van der Waals surface area contributed by atoms with E-state index in [4.69, 9.17) is 0 Å². The minimum absolute atomic E-state index is 0.0997. The second kappa shape index (κ2) is 5.39. The van der Waals surface area contributed by atoms with E-state index >= 15 is 0 Å². The maximum atomic E-state index is 11.9. The van der Waals surface area contributed by atoms with E-state index in [0.29, 0.717) is 0 Å². The number of hydrogen-bond acceptors (Lipinski definition) is 2. The summed E-state index contributed by atoms with van der Waals surface area (Å²) >= 11 is 0. The molecule has 0 aliphatic carbocycles. The third-order valence-corrected chi connectivity index (χ3v) is 2.47. The van der Waals surface area contributed by atoms with Crippen LogP contribution in [0.5, 0.6) is 0 Å². The van der Waals surface area contributed by atoms with Gasteiger partial charge in [0.15, 0.2) is 0 Å². The molecule has 0 bridgehead atoms. The van der Waals surface area contributed by atoms with Gasteiger partial charge >= 0.3 is 0 Å². The Morgan fingerprint density at radius 3 is 2.13 bits per heavy atom. The number of hydrogen-bond donors (Lipinski definition) is 1. The number of carbonyl (C=O) groups excluding carboxylic acids is 1. The highest BCUT2D eigenvalue weighted by atomic mass is 16.2. The third kappa shape index (κ3) is 2.72. The van der Waals surface area contributed by atoms with E-state index in [2.05, 4.69) is 5.32 Å². The van der Waals surface area contributed by atoms with Crippen LogP contribution in [0.25, 0.3) is 0 Å². The number of benzene rings is 1. The fourth-order valence-electron chi connectivity index (χ4n) is 1.47. The number of anilines is 1. The summed E-state index contributed by atoms with van der Waals surface area (Å²) in [4.78, 5) is 13.7. The Bertz CT molecular complexity index is 315. The first-order valence-corrected chi connectivity index (χ1v) is 5.30. The Morgan fingerprint density at radius 1 is 1.20 bits per heavy atom. The van der Waals surface area contributed by atoms with Gasteiger partial charge in [-0.2, -0.15) is 0 Å². The van der Waals surface area contributed by atoms with Gasteiger partial charge in [-0.1, -0.05) is 0 Å². The van der Waals surface area contributed by atoms with Crippen molar-refractivity contribution < 1.29 is 4.79 Å². The van der Waals surface area contributed by atoms with Crippen LogP contribution in [0.4, 0.5) is 5.69 Å². The maximum absolute atomic E-state index is 11.9. The smallest absolute Gasteiger partial charge is 0.253 e. The van der Waals surface area contributed by atoms with Crippen molar-refractivity contribution in [2.45, 2.75) is 13.8 Å². The zero-order valence-corrected chi connectivity index (χ0v) is 9.58. The van der Waals surface area contributed by atoms with Crippen LogP contribution in [0.2, 0.25) is 0 Å². The topological polar surface area (TPSA) is 32.3 Å². The van der Waals surface area contributed by atoms with E-state index in [0.717, 1.165) is 24.3 Å². The fourth-order valence-corrected chi connectivity index (χ4v) is 1.47. The summed E-state index contributed by atoms with van der Waals surface area (Å²) in [5.41, 5.74) is 1.77. The molecule has 1 N–H and O–H groups in total. The van der Waals surface area contributed by atoms with Gasteiger partial charge in [0.2, 0.25) is 0 Å². The molecule has 1 aromatic rings. The first-order chi connectivity index (χ1) is 7.22. The first kappa shape index (κ1) is 11.6. The second-order valence-electron chi connectivity index (χ2n) is 3.30. The molecule has 0 radical (unpaired) electrons. The summed E-state index contributed by atoms with van der Waals surface area (Å²) in [5, 5.41) is 3.03. The second-order valence-corrected chi connectivity index (χ2v) is 3.30. The average molecular weight is 206 g/mol. The number of nitrogens with zero attached hydrogens (tertiary/aromatic N) is 1. The summed E-state index contributed by atoms with van der Waals surface area (Å²) in [7, 11) is 1.86. The molecule has 0 saturated carbocycles. The highest BCUT2D eigenvalue weighted by Gasteiger charge is 2.11. The molecule has 0 heterocycles. The number of rotatable bonds is 4. The Morgan fingerprint density at radius 2 is 1.73 bits per heavy atom. The van der Waals surface area contributed by atoms with Gasteiger partial charge in [-0.3, -0.25) is 4.79 Å². The van der Waals surface area contributed by atoms with Gasteiger partial charge in [0.25, 0.3) is 5.91 Å². The normalized spacial score (nSPS) is 9.80. The first-order valence-electron chi connectivity index (χ1n) is 5.30. The Kier molecular flexibility index (Phi) is 4.16. The van der Waals surface area contributed by atoms with Crippen LogP contribution in [0.1, 0.15) is 24.2 Å². The predicted octanol–water partition coefficient (Wildman–Crippen LogP) is 2.21. The summed E-state index contributed by atoms with van der Waals surface area (Å²) in [5.74, 6) is 0.0997. The van der Waals surface area contributed by atoms with Gasteiger partial charge in [-0.25, -0.2) is 0 Å². The minimum Gasteiger partial charge on any atom is -0.388 e. The van der Waals surface area contributed by atoms with E-state index in [-0.39, 0.29) is 5.91 Å². The quantitative estimate of drug-likeness (QED) is 0.819. The monoisotopic (exact) mass is 206 g/mol. The summed E-state index contributed by atoms with van der Waals surface area (Å²) < 4.78 is 0. The van der Waals surface area contributed by atoms with Crippen molar-refractivity contribution in [3.05, 3.63) is 29.8 Å². The van der Waals surface area contributed by atoms with E-state index in [9.17, 15) is 4.79 Å². The van der Waals surface area contributed by atoms with Crippen LogP contribution in [-0.2, 0) is 0 Å². The number of amides is 1. The van der Waals surface area contributed by atoms with Gasteiger partial charge in [-0.05, 0) is 38.1 Å². The molecular formula is C12H18N2O. The molecule has 1 aromatic carbocycles. The van der Waals surface area contributed by atoms with Crippen LogP contribution in [0.15, 0.2) is 24.3 Å². The standard InChI is InChI=1S/C12H18N2O/c1-4-14(5-2)12(15)10-6-8-11(13-3)9-7-10/h6-9,13H,4-5H2,1-3H3. The molecule has 0 unspecified atom stereocenters. The molecule has 0 atom stereocenters. The van der Waals surface area contributed by atoms with Crippen molar-refractivity contribution in [2.24, 2.45) is 0 Å². The molecule has 0 aliphatic heterocycles. The van der Waals surface area contributed by atoms with Crippen molar-refractivity contribution in [3.8, 4) is 0 Å². The molecule has 0 fully saturated rings. The number of nitrogens with one attached hydrogen (secondary N) is 1. The van der Waals surface area contributed by atoms with Crippen molar-refractivity contribution in [1.29, 1.82) is 0 Å². The predicted molar refractivity (Wildman–Crippen MR) is 63.2 cm³/mol. The van der Waals surface area contributed by atoms with Gasteiger partial charge in [0.1, 0.15) is 0 Å². The SMILES string of the molecule is CCN(CC)C(=O)c1ccc(NC)cc1. The molecule has 0 saturated heterocycles. The Balaban J connectivity index is 2.82. The maximum Gasteiger partial charge on any atom is 0.253 e. The molecule has 0 spiro atoms. The Hall–Kier alpha value is -1.51. The van der Waals surface area contributed by atoms with Gasteiger partial charge in [-0.15, -0.1) is 0 Å². The molecule has 0 aromatic heterocycles. The van der Waals surface area contributed by atoms with Crippen LogP contribution < -0.4 is 5.32 Å². The molecule has 82 valence electrons. The van der Waals surface area contributed by atoms with Crippen molar-refractivity contribution >= 4 is 11.6 Å². The van der Waals surface area contributed by atoms with Gasteiger partial charge in [0.05, 0.1) is 0 Å². The van der Waals surface area contributed by atoms with E-state index in [1.54, 1.807) is 0 Å². The zero-order valence-electron chi connectivity index (χ0n) is 9.58. The molecular weight excluding hydrogens is 188 g/mol. The third-order valence-electron chi connectivity index (χ3n) is 2.47. The van der Waals surface area contributed by atoms with E-state index in [1.165, 1.54) is 0 Å². The Labute approximate surface area is 91.1 Å². The van der Waals surface area contributed by atoms with Crippen molar-refractivity contribution in [2.75, 3.05) is 25.5 Å². The summed E-state index contributed by atoms with van der Waals surface area (Å²) in [6.45, 7) is 5.49. The van der Waals surface area contributed by atoms with E-state index < -0.39 is 0 Å². The van der Waals surface area contributed by atoms with Crippen LogP contribution in [-0.4, -0.2) is 30.9 Å². The van der Waals surface area contributed by atoms with Crippen LogP contribution in [0.3, 0.4) is 0 Å². The van der Waals surface area contributed by atoms with Crippen LogP contribution in [0, 0.1) is 0 Å². The lowest BCUT2D eigenvalue weighted by atomic mass is 10.2.